The number of fused-ring (bicyclic) bond motifs is 4. The Kier molecular flexibility index (Phi) is 5.73. The fourth-order valence-corrected chi connectivity index (χ4v) is 6.19. The predicted octanol–water partition coefficient (Wildman–Crippen LogP) is 5.68. The topological polar surface area (TPSA) is 89.1 Å². The van der Waals surface area contributed by atoms with Crippen molar-refractivity contribution >= 4 is 5.91 Å². The van der Waals surface area contributed by atoms with E-state index in [4.69, 9.17) is 19.4 Å². The number of H-pyrrole nitrogens is 1. The molecule has 0 saturated heterocycles. The second-order valence-corrected chi connectivity index (χ2v) is 10.7. The molecule has 2 bridgehead atoms. The molecule has 2 N–H and O–H groups in total. The number of aromatic nitrogens is 3. The molecule has 7 rings (SSSR count). The SMILES string of the molecule is CCCCNC(=O)C12CCC(c3nc(-c4ccc5c(c4)OCO5)c(-c4cccc(C)n4)[nH]3)(CC1)CC2. The molecule has 4 aliphatic rings. The van der Waals surface area contributed by atoms with Crippen LogP contribution in [0.5, 0.6) is 11.5 Å². The van der Waals surface area contributed by atoms with Crippen LogP contribution in [0.25, 0.3) is 22.6 Å². The Morgan fingerprint density at radius 2 is 1.81 bits per heavy atom. The first-order valence-corrected chi connectivity index (χ1v) is 13.2. The van der Waals surface area contributed by atoms with Gasteiger partial charge in [0.15, 0.2) is 11.5 Å². The third-order valence-corrected chi connectivity index (χ3v) is 8.54. The smallest absolute Gasteiger partial charge is 0.231 e. The van der Waals surface area contributed by atoms with E-state index < -0.39 is 0 Å². The van der Waals surface area contributed by atoms with Gasteiger partial charge in [-0.05, 0) is 82.2 Å². The van der Waals surface area contributed by atoms with Crippen molar-refractivity contribution in [2.24, 2.45) is 5.41 Å². The summed E-state index contributed by atoms with van der Waals surface area (Å²) in [5.74, 6) is 2.78. The van der Waals surface area contributed by atoms with Gasteiger partial charge < -0.3 is 19.8 Å². The molecule has 0 atom stereocenters. The Bertz CT molecular complexity index is 1270. The lowest BCUT2D eigenvalue weighted by molar-refractivity contribution is -0.138. The third-order valence-electron chi connectivity index (χ3n) is 8.54. The summed E-state index contributed by atoms with van der Waals surface area (Å²) in [5, 5.41) is 3.21. The molecule has 3 aromatic rings. The van der Waals surface area contributed by atoms with Crippen LogP contribution in [0.4, 0.5) is 0 Å². The number of aryl methyl sites for hydroxylation is 1. The summed E-state index contributed by atoms with van der Waals surface area (Å²) >= 11 is 0. The number of carbonyl (C=O) groups is 1. The minimum absolute atomic E-state index is 0.0292. The Morgan fingerprint density at radius 1 is 1.03 bits per heavy atom. The quantitative estimate of drug-likeness (QED) is 0.419. The predicted molar refractivity (Wildman–Crippen MR) is 138 cm³/mol. The highest BCUT2D eigenvalue weighted by Gasteiger charge is 2.54. The van der Waals surface area contributed by atoms with E-state index in [1.165, 1.54) is 0 Å². The van der Waals surface area contributed by atoms with Crippen LogP contribution in [0.1, 0.15) is 69.8 Å². The largest absolute Gasteiger partial charge is 0.454 e. The van der Waals surface area contributed by atoms with E-state index in [2.05, 4.69) is 17.2 Å². The van der Waals surface area contributed by atoms with Crippen LogP contribution in [0.2, 0.25) is 0 Å². The van der Waals surface area contributed by atoms with Gasteiger partial charge in [-0.15, -0.1) is 0 Å². The lowest BCUT2D eigenvalue weighted by Gasteiger charge is -2.51. The number of ether oxygens (including phenoxy) is 2. The number of aromatic amines is 1. The summed E-state index contributed by atoms with van der Waals surface area (Å²) in [6, 6.07) is 12.1. The van der Waals surface area contributed by atoms with Crippen molar-refractivity contribution in [1.29, 1.82) is 0 Å². The first-order chi connectivity index (χ1) is 17.5. The number of amides is 1. The molecule has 1 amide bonds. The molecule has 0 radical (unpaired) electrons. The van der Waals surface area contributed by atoms with Gasteiger partial charge in [0.2, 0.25) is 12.7 Å². The van der Waals surface area contributed by atoms with Crippen molar-refractivity contribution in [3.05, 3.63) is 47.9 Å². The van der Waals surface area contributed by atoms with Crippen molar-refractivity contribution < 1.29 is 14.3 Å². The fraction of sp³-hybridized carbons (Fsp3) is 0.483. The summed E-state index contributed by atoms with van der Waals surface area (Å²) < 4.78 is 11.2. The van der Waals surface area contributed by atoms with Crippen LogP contribution in [0, 0.1) is 12.3 Å². The lowest BCUT2D eigenvalue weighted by atomic mass is 9.53. The van der Waals surface area contributed by atoms with Crippen LogP contribution < -0.4 is 14.8 Å². The van der Waals surface area contributed by atoms with E-state index in [-0.39, 0.29) is 23.5 Å². The van der Waals surface area contributed by atoms with Gasteiger partial charge in [0.1, 0.15) is 5.82 Å². The number of nitrogens with one attached hydrogen (secondary N) is 2. The monoisotopic (exact) mass is 486 g/mol. The Hall–Kier alpha value is -3.35. The maximum absolute atomic E-state index is 13.1. The van der Waals surface area contributed by atoms with Gasteiger partial charge in [0.05, 0.1) is 17.1 Å². The average Bonchev–Trinajstić information content (AvgIpc) is 3.57. The van der Waals surface area contributed by atoms with Crippen LogP contribution in [-0.4, -0.2) is 34.2 Å². The van der Waals surface area contributed by atoms with Crippen LogP contribution >= 0.6 is 0 Å². The van der Waals surface area contributed by atoms with Crippen molar-refractivity contribution in [1.82, 2.24) is 20.3 Å². The lowest BCUT2D eigenvalue weighted by Crippen LogP contribution is -2.52. The number of hydrogen-bond acceptors (Lipinski definition) is 5. The maximum atomic E-state index is 13.1. The molecule has 3 heterocycles. The molecular weight excluding hydrogens is 452 g/mol. The molecule has 1 aliphatic heterocycles. The third kappa shape index (κ3) is 3.85. The summed E-state index contributed by atoms with van der Waals surface area (Å²) in [5.41, 5.74) is 4.41. The number of pyridine rings is 1. The van der Waals surface area contributed by atoms with Gasteiger partial charge in [-0.3, -0.25) is 9.78 Å². The number of nitrogens with zero attached hydrogens (tertiary/aromatic N) is 2. The zero-order valence-electron chi connectivity index (χ0n) is 21.2. The highest BCUT2D eigenvalue weighted by molar-refractivity contribution is 5.83. The first kappa shape index (κ1) is 23.1. The maximum Gasteiger partial charge on any atom is 0.231 e. The second kappa shape index (κ2) is 8.95. The number of unbranched alkanes of at least 4 members (excludes halogenated alkanes) is 1. The Balaban J connectivity index is 1.34. The molecule has 3 saturated carbocycles. The normalized spacial score (nSPS) is 24.2. The van der Waals surface area contributed by atoms with Crippen molar-refractivity contribution in [3.63, 3.8) is 0 Å². The minimum Gasteiger partial charge on any atom is -0.454 e. The highest BCUT2D eigenvalue weighted by atomic mass is 16.7. The van der Waals surface area contributed by atoms with E-state index >= 15 is 0 Å². The molecule has 7 nitrogen and oxygen atoms in total. The molecule has 188 valence electrons. The van der Waals surface area contributed by atoms with Gasteiger partial charge in [-0.2, -0.15) is 0 Å². The van der Waals surface area contributed by atoms with Crippen molar-refractivity contribution in [2.45, 2.75) is 70.6 Å². The number of rotatable bonds is 7. The number of carbonyl (C=O) groups excluding carboxylic acids is 1. The standard InChI is InChI=1S/C29H34N4O3/c1-3-4-16-30-27(34)29-13-10-28(11-14-29,12-15-29)26-32-24(20-8-9-22-23(17-20)36-18-35-22)25(33-26)21-7-5-6-19(2)31-21/h5-9,17H,3-4,10-16,18H2,1-2H3,(H,30,34)(H,32,33). The first-order valence-electron chi connectivity index (χ1n) is 13.2. The number of imidazole rings is 1. The summed E-state index contributed by atoms with van der Waals surface area (Å²) in [7, 11) is 0. The van der Waals surface area contributed by atoms with Gasteiger partial charge in [-0.25, -0.2) is 4.98 Å². The highest BCUT2D eigenvalue weighted by Crippen LogP contribution is 2.57. The van der Waals surface area contributed by atoms with E-state index in [1.54, 1.807) is 0 Å². The van der Waals surface area contributed by atoms with E-state index in [0.717, 1.165) is 104 Å². The molecule has 2 aromatic heterocycles. The van der Waals surface area contributed by atoms with Crippen LogP contribution in [0.15, 0.2) is 36.4 Å². The zero-order valence-corrected chi connectivity index (χ0v) is 21.2. The van der Waals surface area contributed by atoms with Crippen molar-refractivity contribution in [2.75, 3.05) is 13.3 Å². The second-order valence-electron chi connectivity index (χ2n) is 10.7. The van der Waals surface area contributed by atoms with Crippen LogP contribution in [-0.2, 0) is 10.2 Å². The molecule has 1 aromatic carbocycles. The summed E-state index contributed by atoms with van der Waals surface area (Å²) in [6.07, 6.45) is 7.82. The average molecular weight is 487 g/mol. The van der Waals surface area contributed by atoms with Crippen LogP contribution in [0.3, 0.4) is 0 Å². The Labute approximate surface area is 212 Å². The molecule has 0 spiro atoms. The van der Waals surface area contributed by atoms with Gasteiger partial charge in [0, 0.05) is 28.6 Å². The Morgan fingerprint density at radius 3 is 2.56 bits per heavy atom. The zero-order chi connectivity index (χ0) is 24.8. The number of hydrogen-bond donors (Lipinski definition) is 2. The minimum atomic E-state index is -0.205. The molecular formula is C29H34N4O3. The van der Waals surface area contributed by atoms with Gasteiger partial charge >= 0.3 is 0 Å². The van der Waals surface area contributed by atoms with E-state index in [0.29, 0.717) is 0 Å². The number of benzene rings is 1. The van der Waals surface area contributed by atoms with Crippen molar-refractivity contribution in [3.8, 4) is 34.1 Å². The molecule has 7 heteroatoms. The van der Waals surface area contributed by atoms with Gasteiger partial charge in [0.25, 0.3) is 0 Å². The summed E-state index contributed by atoms with van der Waals surface area (Å²) in [6.45, 7) is 5.19. The molecule has 3 aliphatic carbocycles. The molecule has 0 unspecified atom stereocenters. The summed E-state index contributed by atoms with van der Waals surface area (Å²) in [4.78, 5) is 26.8. The fourth-order valence-electron chi connectivity index (χ4n) is 6.19. The molecule has 36 heavy (non-hydrogen) atoms. The molecule has 3 fully saturated rings. The van der Waals surface area contributed by atoms with Gasteiger partial charge in [-0.1, -0.05) is 19.4 Å². The van der Waals surface area contributed by atoms with E-state index in [1.807, 2.05) is 43.3 Å². The van der Waals surface area contributed by atoms with E-state index in [9.17, 15) is 4.79 Å².